The summed E-state index contributed by atoms with van der Waals surface area (Å²) in [6.45, 7) is 6.55. The Kier molecular flexibility index (Phi) is 8.51. The molecule has 3 rings (SSSR count). The van der Waals surface area contributed by atoms with Crippen LogP contribution in [-0.4, -0.2) is 50.0 Å². The van der Waals surface area contributed by atoms with Gasteiger partial charge in [0.05, 0.1) is 22.8 Å². The lowest BCUT2D eigenvalue weighted by Crippen LogP contribution is -2.50. The number of hydrogen-bond donors (Lipinski definition) is 1. The highest BCUT2D eigenvalue weighted by Gasteiger charge is 2.24. The van der Waals surface area contributed by atoms with E-state index < -0.39 is 0 Å². The number of amides is 2. The van der Waals surface area contributed by atoms with Gasteiger partial charge in [-0.15, -0.1) is 0 Å². The third kappa shape index (κ3) is 6.34. The Bertz CT molecular complexity index is 1060. The van der Waals surface area contributed by atoms with E-state index in [1.54, 1.807) is 30.3 Å². The van der Waals surface area contributed by atoms with Crippen LogP contribution in [0.1, 0.15) is 19.4 Å². The highest BCUT2D eigenvalue weighted by molar-refractivity contribution is 6.36. The van der Waals surface area contributed by atoms with Gasteiger partial charge in [0.2, 0.25) is 11.8 Å². The molecule has 1 N–H and O–H groups in total. The second kappa shape index (κ2) is 11.1. The number of nitrogens with zero attached hydrogens (tertiary/aromatic N) is 2. The normalized spacial score (nSPS) is 14.2. The van der Waals surface area contributed by atoms with Gasteiger partial charge in [-0.3, -0.25) is 9.59 Å². The molecule has 0 atom stereocenters. The molecule has 9 heteroatoms. The van der Waals surface area contributed by atoms with Crippen LogP contribution in [0.2, 0.25) is 15.1 Å². The standard InChI is InChI=1S/C24H26Cl3N3O3/c1-15(2)24(32)30-10-8-29(9-11-30)21-6-5-18(14-19(21)26)28-22(31)7-4-16-12-17(25)13-20(27)23(16)33-3/h4-7,12-15H,8-11H2,1-3H3,(H,28,31)/b7-4+. The van der Waals surface area contributed by atoms with Crippen molar-refractivity contribution in [2.24, 2.45) is 5.92 Å². The zero-order valence-electron chi connectivity index (χ0n) is 18.7. The van der Waals surface area contributed by atoms with Crippen LogP contribution in [0.4, 0.5) is 11.4 Å². The highest BCUT2D eigenvalue weighted by atomic mass is 35.5. The van der Waals surface area contributed by atoms with E-state index in [2.05, 4.69) is 10.2 Å². The van der Waals surface area contributed by atoms with E-state index in [1.807, 2.05) is 24.8 Å². The molecule has 2 aromatic carbocycles. The quantitative estimate of drug-likeness (QED) is 0.513. The molecule has 1 heterocycles. The summed E-state index contributed by atoms with van der Waals surface area (Å²) >= 11 is 18.7. The molecule has 1 saturated heterocycles. The number of carbonyl (C=O) groups excluding carboxylic acids is 2. The first-order valence-corrected chi connectivity index (χ1v) is 11.7. The number of hydrogen-bond acceptors (Lipinski definition) is 4. The number of halogens is 3. The van der Waals surface area contributed by atoms with Gasteiger partial charge in [-0.2, -0.15) is 0 Å². The van der Waals surface area contributed by atoms with Crippen molar-refractivity contribution < 1.29 is 14.3 Å². The topological polar surface area (TPSA) is 61.9 Å². The molecule has 2 aromatic rings. The molecule has 2 amide bonds. The predicted molar refractivity (Wildman–Crippen MR) is 136 cm³/mol. The molecular weight excluding hydrogens is 485 g/mol. The number of carbonyl (C=O) groups is 2. The van der Waals surface area contributed by atoms with Gasteiger partial charge in [0, 0.05) is 54.4 Å². The van der Waals surface area contributed by atoms with Gasteiger partial charge in [0.1, 0.15) is 5.75 Å². The van der Waals surface area contributed by atoms with Crippen molar-refractivity contribution in [3.8, 4) is 5.75 Å². The van der Waals surface area contributed by atoms with Gasteiger partial charge in [-0.1, -0.05) is 48.7 Å². The van der Waals surface area contributed by atoms with E-state index >= 15 is 0 Å². The van der Waals surface area contributed by atoms with E-state index in [0.29, 0.717) is 58.2 Å². The van der Waals surface area contributed by atoms with E-state index in [0.717, 1.165) is 5.69 Å². The Morgan fingerprint density at radius 1 is 1.03 bits per heavy atom. The van der Waals surface area contributed by atoms with Crippen LogP contribution in [0.25, 0.3) is 6.08 Å². The number of ether oxygens (including phenoxy) is 1. The molecule has 0 saturated carbocycles. The van der Waals surface area contributed by atoms with Crippen LogP contribution < -0.4 is 15.0 Å². The van der Waals surface area contributed by atoms with Crippen molar-refractivity contribution in [1.29, 1.82) is 0 Å². The van der Waals surface area contributed by atoms with Crippen LogP contribution >= 0.6 is 34.8 Å². The minimum atomic E-state index is -0.335. The number of piperazine rings is 1. The van der Waals surface area contributed by atoms with Gasteiger partial charge in [-0.05, 0) is 36.4 Å². The lowest BCUT2D eigenvalue weighted by molar-refractivity contribution is -0.134. The van der Waals surface area contributed by atoms with Crippen molar-refractivity contribution in [3.63, 3.8) is 0 Å². The molecular formula is C24H26Cl3N3O3. The smallest absolute Gasteiger partial charge is 0.248 e. The first-order valence-electron chi connectivity index (χ1n) is 10.5. The highest BCUT2D eigenvalue weighted by Crippen LogP contribution is 2.33. The summed E-state index contributed by atoms with van der Waals surface area (Å²) in [5.74, 6) is 0.268. The molecule has 33 heavy (non-hydrogen) atoms. The Morgan fingerprint density at radius 3 is 2.33 bits per heavy atom. The summed E-state index contributed by atoms with van der Waals surface area (Å²) in [6, 6.07) is 8.63. The number of benzene rings is 2. The van der Waals surface area contributed by atoms with Crippen LogP contribution in [0.3, 0.4) is 0 Å². The molecule has 6 nitrogen and oxygen atoms in total. The zero-order valence-corrected chi connectivity index (χ0v) is 21.0. The van der Waals surface area contributed by atoms with Crippen molar-refractivity contribution in [2.45, 2.75) is 13.8 Å². The Balaban J connectivity index is 1.63. The number of nitrogens with one attached hydrogen (secondary N) is 1. The molecule has 0 aliphatic carbocycles. The van der Waals surface area contributed by atoms with E-state index in [4.69, 9.17) is 39.5 Å². The van der Waals surface area contributed by atoms with Crippen molar-refractivity contribution in [1.82, 2.24) is 4.90 Å². The summed E-state index contributed by atoms with van der Waals surface area (Å²) in [5, 5.41) is 4.13. The average molecular weight is 511 g/mol. The molecule has 176 valence electrons. The largest absolute Gasteiger partial charge is 0.495 e. The van der Waals surface area contributed by atoms with E-state index in [9.17, 15) is 9.59 Å². The van der Waals surface area contributed by atoms with Gasteiger partial charge >= 0.3 is 0 Å². The number of methoxy groups -OCH3 is 1. The summed E-state index contributed by atoms with van der Waals surface area (Å²) in [5.41, 5.74) is 2.04. The number of anilines is 2. The zero-order chi connectivity index (χ0) is 24.1. The van der Waals surface area contributed by atoms with Gasteiger partial charge in [0.25, 0.3) is 0 Å². The average Bonchev–Trinajstić information content (AvgIpc) is 2.77. The molecule has 0 spiro atoms. The fraction of sp³-hybridized carbons (Fsp3) is 0.333. The van der Waals surface area contributed by atoms with Crippen molar-refractivity contribution >= 4 is 64.1 Å². The molecule has 1 aliphatic rings. The van der Waals surface area contributed by atoms with Gasteiger partial charge < -0.3 is 19.9 Å². The van der Waals surface area contributed by atoms with Gasteiger partial charge in [0.15, 0.2) is 0 Å². The maximum Gasteiger partial charge on any atom is 0.248 e. The fourth-order valence-electron chi connectivity index (χ4n) is 3.64. The Morgan fingerprint density at radius 2 is 1.73 bits per heavy atom. The Labute approximate surface area is 209 Å². The summed E-state index contributed by atoms with van der Waals surface area (Å²) in [4.78, 5) is 28.6. The summed E-state index contributed by atoms with van der Waals surface area (Å²) < 4.78 is 5.28. The summed E-state index contributed by atoms with van der Waals surface area (Å²) in [7, 11) is 1.50. The first-order chi connectivity index (χ1) is 15.7. The van der Waals surface area contributed by atoms with E-state index in [1.165, 1.54) is 13.2 Å². The fourth-order valence-corrected chi connectivity index (χ4v) is 4.53. The third-order valence-electron chi connectivity index (χ3n) is 5.30. The van der Waals surface area contributed by atoms with Crippen LogP contribution in [0, 0.1) is 5.92 Å². The van der Waals surface area contributed by atoms with Crippen molar-refractivity contribution in [3.05, 3.63) is 57.0 Å². The minimum absolute atomic E-state index is 0.00552. The van der Waals surface area contributed by atoms with Crippen molar-refractivity contribution in [2.75, 3.05) is 43.5 Å². The molecule has 0 unspecified atom stereocenters. The van der Waals surface area contributed by atoms with Crippen LogP contribution in [0.15, 0.2) is 36.4 Å². The van der Waals surface area contributed by atoms with E-state index in [-0.39, 0.29) is 17.7 Å². The SMILES string of the molecule is COc1c(Cl)cc(Cl)cc1/C=C/C(=O)Nc1ccc(N2CCN(C(=O)C(C)C)CC2)c(Cl)c1. The maximum atomic E-state index is 12.4. The molecule has 0 aromatic heterocycles. The number of rotatable bonds is 6. The predicted octanol–water partition coefficient (Wildman–Crippen LogP) is 5.61. The Hall–Kier alpha value is -2.41. The summed E-state index contributed by atoms with van der Waals surface area (Å²) in [6.07, 6.45) is 2.96. The molecule has 1 aliphatic heterocycles. The first kappa shape index (κ1) is 25.2. The minimum Gasteiger partial charge on any atom is -0.495 e. The second-order valence-electron chi connectivity index (χ2n) is 7.97. The monoisotopic (exact) mass is 509 g/mol. The third-order valence-corrected chi connectivity index (χ3v) is 6.10. The van der Waals surface area contributed by atoms with Crippen LogP contribution in [-0.2, 0) is 9.59 Å². The van der Waals surface area contributed by atoms with Crippen LogP contribution in [0.5, 0.6) is 5.75 Å². The molecule has 0 bridgehead atoms. The lowest BCUT2D eigenvalue weighted by Gasteiger charge is -2.37. The lowest BCUT2D eigenvalue weighted by atomic mass is 10.1. The molecule has 0 radical (unpaired) electrons. The molecule has 1 fully saturated rings. The maximum absolute atomic E-state index is 12.4. The van der Waals surface area contributed by atoms with Gasteiger partial charge in [-0.25, -0.2) is 0 Å². The second-order valence-corrected chi connectivity index (χ2v) is 9.22.